The molecule has 0 fully saturated rings. The predicted octanol–water partition coefficient (Wildman–Crippen LogP) is 3.33. The number of rotatable bonds is 7. The molecule has 0 bridgehead atoms. The molecule has 19 heavy (non-hydrogen) atoms. The second-order valence-electron chi connectivity index (χ2n) is 6.43. The number of carbonyl (C=O) groups excluding carboxylic acids is 2. The zero-order chi connectivity index (χ0) is 15.1. The third kappa shape index (κ3) is 9.51. The monoisotopic (exact) mass is 272 g/mol. The lowest BCUT2D eigenvalue weighted by atomic mass is 9.90. The van der Waals surface area contributed by atoms with Gasteiger partial charge >= 0.3 is 11.9 Å². The minimum Gasteiger partial charge on any atom is -0.465 e. The molecule has 0 heterocycles. The van der Waals surface area contributed by atoms with Crippen molar-refractivity contribution >= 4 is 11.9 Å². The molecule has 0 aromatic heterocycles. The summed E-state index contributed by atoms with van der Waals surface area (Å²) in [5, 5.41) is 0. The van der Waals surface area contributed by atoms with Gasteiger partial charge in [-0.2, -0.15) is 0 Å². The topological polar surface area (TPSA) is 52.6 Å². The van der Waals surface area contributed by atoms with Crippen molar-refractivity contribution in [1.29, 1.82) is 0 Å². The van der Waals surface area contributed by atoms with Crippen LogP contribution in [0.3, 0.4) is 0 Å². The van der Waals surface area contributed by atoms with Crippen molar-refractivity contribution < 1.29 is 19.1 Å². The molecule has 0 aliphatic heterocycles. The van der Waals surface area contributed by atoms with Crippen LogP contribution in [-0.2, 0) is 19.1 Å². The van der Waals surface area contributed by atoms with Crippen LogP contribution < -0.4 is 0 Å². The van der Waals surface area contributed by atoms with Gasteiger partial charge in [-0.15, -0.1) is 0 Å². The van der Waals surface area contributed by atoms with Crippen LogP contribution in [0.4, 0.5) is 0 Å². The van der Waals surface area contributed by atoms with Crippen LogP contribution in [-0.4, -0.2) is 24.6 Å². The van der Waals surface area contributed by atoms with Gasteiger partial charge in [0, 0.05) is 0 Å². The number of hydrogen-bond acceptors (Lipinski definition) is 4. The van der Waals surface area contributed by atoms with E-state index in [0.717, 1.165) is 12.8 Å². The van der Waals surface area contributed by atoms with E-state index in [0.29, 0.717) is 12.5 Å². The SMILES string of the molecule is CC(C)CCCOC(=O)CC(=O)OC(C)C(C)(C)C. The van der Waals surface area contributed by atoms with E-state index in [9.17, 15) is 9.59 Å². The van der Waals surface area contributed by atoms with Crippen molar-refractivity contribution in [1.82, 2.24) is 0 Å². The first kappa shape index (κ1) is 17.9. The first-order valence-corrected chi connectivity index (χ1v) is 6.98. The zero-order valence-corrected chi connectivity index (χ0v) is 13.1. The van der Waals surface area contributed by atoms with Gasteiger partial charge in [0.1, 0.15) is 12.5 Å². The Balaban J connectivity index is 3.84. The molecular weight excluding hydrogens is 244 g/mol. The van der Waals surface area contributed by atoms with E-state index >= 15 is 0 Å². The minimum absolute atomic E-state index is 0.128. The average molecular weight is 272 g/mol. The fraction of sp³-hybridized carbons (Fsp3) is 0.867. The summed E-state index contributed by atoms with van der Waals surface area (Å²) >= 11 is 0. The van der Waals surface area contributed by atoms with E-state index in [-0.39, 0.29) is 17.9 Å². The maximum atomic E-state index is 11.5. The molecule has 112 valence electrons. The van der Waals surface area contributed by atoms with Crippen LogP contribution in [0.15, 0.2) is 0 Å². The Morgan fingerprint density at radius 3 is 2.11 bits per heavy atom. The van der Waals surface area contributed by atoms with Crippen LogP contribution in [0, 0.1) is 11.3 Å². The van der Waals surface area contributed by atoms with Crippen molar-refractivity contribution in [3.8, 4) is 0 Å². The summed E-state index contributed by atoms with van der Waals surface area (Å²) in [6.45, 7) is 12.4. The molecule has 0 spiro atoms. The van der Waals surface area contributed by atoms with Gasteiger partial charge in [0.15, 0.2) is 0 Å². The van der Waals surface area contributed by atoms with Crippen LogP contribution in [0.5, 0.6) is 0 Å². The number of hydrogen-bond donors (Lipinski definition) is 0. The highest BCUT2D eigenvalue weighted by Crippen LogP contribution is 2.21. The molecule has 1 unspecified atom stereocenters. The summed E-state index contributed by atoms with van der Waals surface area (Å²) in [5.74, 6) is -0.428. The maximum Gasteiger partial charge on any atom is 0.317 e. The van der Waals surface area contributed by atoms with Crippen LogP contribution in [0.25, 0.3) is 0 Å². The largest absolute Gasteiger partial charge is 0.465 e. The van der Waals surface area contributed by atoms with Crippen molar-refractivity contribution in [3.63, 3.8) is 0 Å². The summed E-state index contributed by atoms with van der Waals surface area (Å²) in [6, 6.07) is 0. The Morgan fingerprint density at radius 2 is 1.63 bits per heavy atom. The van der Waals surface area contributed by atoms with E-state index in [1.54, 1.807) is 0 Å². The molecule has 4 heteroatoms. The lowest BCUT2D eigenvalue weighted by Gasteiger charge is -2.26. The standard InChI is InChI=1S/C15H28O4/c1-11(2)8-7-9-18-13(16)10-14(17)19-12(3)15(4,5)6/h11-12H,7-10H2,1-6H3. The first-order valence-electron chi connectivity index (χ1n) is 6.98. The third-order valence-corrected chi connectivity index (χ3v) is 3.01. The molecule has 0 aliphatic carbocycles. The van der Waals surface area contributed by atoms with Crippen LogP contribution >= 0.6 is 0 Å². The lowest BCUT2D eigenvalue weighted by molar-refractivity contribution is -0.160. The highest BCUT2D eigenvalue weighted by atomic mass is 16.6. The molecule has 0 aromatic rings. The van der Waals surface area contributed by atoms with E-state index in [4.69, 9.17) is 9.47 Å². The number of carbonyl (C=O) groups is 2. The fourth-order valence-corrected chi connectivity index (χ4v) is 1.26. The molecule has 0 saturated heterocycles. The van der Waals surface area contributed by atoms with Gasteiger partial charge < -0.3 is 9.47 Å². The van der Waals surface area contributed by atoms with E-state index < -0.39 is 11.9 Å². The molecule has 1 atom stereocenters. The molecule has 0 amide bonds. The smallest absolute Gasteiger partial charge is 0.317 e. The van der Waals surface area contributed by atoms with Gasteiger partial charge in [-0.1, -0.05) is 34.6 Å². The van der Waals surface area contributed by atoms with Crippen LogP contribution in [0.2, 0.25) is 0 Å². The molecule has 4 nitrogen and oxygen atoms in total. The van der Waals surface area contributed by atoms with Gasteiger partial charge in [-0.25, -0.2) is 0 Å². The summed E-state index contributed by atoms with van der Waals surface area (Å²) in [7, 11) is 0. The zero-order valence-electron chi connectivity index (χ0n) is 13.1. The summed E-state index contributed by atoms with van der Waals surface area (Å²) < 4.78 is 10.2. The number of ether oxygens (including phenoxy) is 2. The fourth-order valence-electron chi connectivity index (χ4n) is 1.26. The van der Waals surface area contributed by atoms with Crippen LogP contribution in [0.1, 0.15) is 60.8 Å². The van der Waals surface area contributed by atoms with Gasteiger partial charge in [0.2, 0.25) is 0 Å². The van der Waals surface area contributed by atoms with Gasteiger partial charge in [-0.05, 0) is 31.1 Å². The van der Waals surface area contributed by atoms with Gasteiger partial charge in [0.05, 0.1) is 6.61 Å². The normalized spacial score (nSPS) is 13.2. The first-order chi connectivity index (χ1) is 8.62. The summed E-state index contributed by atoms with van der Waals surface area (Å²) in [6.07, 6.45) is 1.31. The highest BCUT2D eigenvalue weighted by molar-refractivity contribution is 5.91. The molecule has 0 rings (SSSR count). The van der Waals surface area contributed by atoms with Crippen molar-refractivity contribution in [2.24, 2.45) is 11.3 Å². The van der Waals surface area contributed by atoms with E-state index in [2.05, 4.69) is 13.8 Å². The Morgan fingerprint density at radius 1 is 1.05 bits per heavy atom. The molecule has 0 N–H and O–H groups in total. The molecule has 0 radical (unpaired) electrons. The quantitative estimate of drug-likeness (QED) is 0.405. The Bertz CT molecular complexity index is 289. The maximum absolute atomic E-state index is 11.5. The van der Waals surface area contributed by atoms with Gasteiger partial charge in [-0.3, -0.25) is 9.59 Å². The second kappa shape index (κ2) is 8.18. The van der Waals surface area contributed by atoms with Crippen molar-refractivity contribution in [2.45, 2.75) is 66.9 Å². The highest BCUT2D eigenvalue weighted by Gasteiger charge is 2.24. The molecular formula is C15H28O4. The van der Waals surface area contributed by atoms with Crippen molar-refractivity contribution in [2.75, 3.05) is 6.61 Å². The van der Waals surface area contributed by atoms with E-state index in [1.165, 1.54) is 0 Å². The Hall–Kier alpha value is -1.06. The third-order valence-electron chi connectivity index (χ3n) is 3.01. The molecule has 0 aliphatic rings. The number of esters is 2. The molecule has 0 aromatic carbocycles. The average Bonchev–Trinajstić information content (AvgIpc) is 2.22. The molecule has 0 saturated carbocycles. The lowest BCUT2D eigenvalue weighted by Crippen LogP contribution is -2.29. The van der Waals surface area contributed by atoms with Gasteiger partial charge in [0.25, 0.3) is 0 Å². The minimum atomic E-state index is -0.517. The van der Waals surface area contributed by atoms with E-state index in [1.807, 2.05) is 27.7 Å². The Labute approximate surface area is 116 Å². The Kier molecular flexibility index (Phi) is 7.72. The second-order valence-corrected chi connectivity index (χ2v) is 6.43. The summed E-state index contributed by atoms with van der Waals surface area (Å²) in [4.78, 5) is 22.9. The van der Waals surface area contributed by atoms with Crippen molar-refractivity contribution in [3.05, 3.63) is 0 Å². The predicted molar refractivity (Wildman–Crippen MR) is 74.7 cm³/mol. The summed E-state index contributed by atoms with van der Waals surface area (Å²) in [5.41, 5.74) is -0.128.